The number of nitrogens with one attached hydrogen (secondary N) is 1. The van der Waals surface area contributed by atoms with Crippen molar-refractivity contribution in [2.75, 3.05) is 11.9 Å². The van der Waals surface area contributed by atoms with Gasteiger partial charge in [0.05, 0.1) is 21.9 Å². The van der Waals surface area contributed by atoms with Crippen LogP contribution in [0.5, 0.6) is 0 Å². The van der Waals surface area contributed by atoms with Crippen molar-refractivity contribution in [2.45, 2.75) is 6.92 Å². The van der Waals surface area contributed by atoms with Gasteiger partial charge < -0.3 is 5.32 Å². The Balaban J connectivity index is 1.57. The molecule has 0 unspecified atom stereocenters. The van der Waals surface area contributed by atoms with Gasteiger partial charge in [-0.05, 0) is 31.2 Å². The lowest BCUT2D eigenvalue weighted by Crippen LogP contribution is -2.37. The van der Waals surface area contributed by atoms with E-state index in [1.165, 1.54) is 16.8 Å². The SMILES string of the molecule is Cc1cc(NC(=O)CN2C(=O)c3cccc([N+](=O)[O-])c3C2=O)n(-c2cccc(Cl)c2)n1. The molecule has 0 spiro atoms. The fourth-order valence-corrected chi connectivity index (χ4v) is 3.52. The van der Waals surface area contributed by atoms with E-state index in [4.69, 9.17) is 11.6 Å². The van der Waals surface area contributed by atoms with Crippen LogP contribution in [0.15, 0.2) is 48.5 Å². The van der Waals surface area contributed by atoms with Crippen molar-refractivity contribution in [3.05, 3.63) is 80.5 Å². The van der Waals surface area contributed by atoms with E-state index in [1.807, 2.05) is 0 Å². The fourth-order valence-electron chi connectivity index (χ4n) is 3.33. The van der Waals surface area contributed by atoms with Crippen molar-refractivity contribution in [3.63, 3.8) is 0 Å². The van der Waals surface area contributed by atoms with Crippen LogP contribution in [-0.2, 0) is 4.79 Å². The third-order valence-electron chi connectivity index (χ3n) is 4.63. The Morgan fingerprint density at radius 3 is 2.61 bits per heavy atom. The Morgan fingerprint density at radius 1 is 1.16 bits per heavy atom. The third-order valence-corrected chi connectivity index (χ3v) is 4.86. The predicted octanol–water partition coefficient (Wildman–Crippen LogP) is 2.98. The summed E-state index contributed by atoms with van der Waals surface area (Å²) < 4.78 is 1.46. The maximum absolute atomic E-state index is 12.6. The van der Waals surface area contributed by atoms with E-state index in [2.05, 4.69) is 10.4 Å². The number of halogens is 1. The number of amides is 3. The highest BCUT2D eigenvalue weighted by atomic mass is 35.5. The number of anilines is 1. The van der Waals surface area contributed by atoms with E-state index in [1.54, 1.807) is 37.3 Å². The molecule has 1 aromatic heterocycles. The minimum absolute atomic E-state index is 0.105. The average Bonchev–Trinajstić information content (AvgIpc) is 3.20. The molecule has 11 heteroatoms. The number of aryl methyl sites for hydroxylation is 1. The number of nitrogens with zero attached hydrogens (tertiary/aromatic N) is 4. The first-order chi connectivity index (χ1) is 14.8. The first-order valence-corrected chi connectivity index (χ1v) is 9.40. The zero-order valence-corrected chi connectivity index (χ0v) is 16.8. The molecule has 0 fully saturated rings. The summed E-state index contributed by atoms with van der Waals surface area (Å²) in [5.74, 6) is -2.01. The Morgan fingerprint density at radius 2 is 1.90 bits per heavy atom. The smallest absolute Gasteiger partial charge is 0.282 e. The maximum Gasteiger partial charge on any atom is 0.282 e. The molecule has 0 aliphatic carbocycles. The zero-order valence-electron chi connectivity index (χ0n) is 16.0. The van der Waals surface area contributed by atoms with Crippen LogP contribution >= 0.6 is 11.6 Å². The summed E-state index contributed by atoms with van der Waals surface area (Å²) in [6, 6.07) is 12.2. The van der Waals surface area contributed by atoms with Crippen LogP contribution < -0.4 is 5.32 Å². The van der Waals surface area contributed by atoms with Crippen LogP contribution in [0, 0.1) is 17.0 Å². The average molecular weight is 440 g/mol. The summed E-state index contributed by atoms with van der Waals surface area (Å²) in [4.78, 5) is 49.0. The normalized spacial score (nSPS) is 12.8. The van der Waals surface area contributed by atoms with Gasteiger partial charge in [0.25, 0.3) is 17.5 Å². The molecular weight excluding hydrogens is 426 g/mol. The molecule has 0 saturated heterocycles. The molecule has 31 heavy (non-hydrogen) atoms. The lowest BCUT2D eigenvalue weighted by Gasteiger charge is -2.14. The number of nitro benzene ring substituents is 1. The summed E-state index contributed by atoms with van der Waals surface area (Å²) in [6.45, 7) is 1.13. The molecule has 1 N–H and O–H groups in total. The molecule has 10 nitrogen and oxygen atoms in total. The number of hydrogen-bond acceptors (Lipinski definition) is 6. The van der Waals surface area contributed by atoms with E-state index in [0.29, 0.717) is 27.1 Å². The van der Waals surface area contributed by atoms with Crippen molar-refractivity contribution in [3.8, 4) is 5.69 Å². The van der Waals surface area contributed by atoms with E-state index in [-0.39, 0.29) is 11.1 Å². The molecule has 2 aromatic carbocycles. The molecule has 0 bridgehead atoms. The number of aromatic nitrogens is 2. The quantitative estimate of drug-likeness (QED) is 0.370. The van der Waals surface area contributed by atoms with Crippen LogP contribution in [0.25, 0.3) is 5.69 Å². The van der Waals surface area contributed by atoms with Gasteiger partial charge in [0.1, 0.15) is 17.9 Å². The largest absolute Gasteiger partial charge is 0.309 e. The summed E-state index contributed by atoms with van der Waals surface area (Å²) in [6.07, 6.45) is 0. The van der Waals surface area contributed by atoms with Crippen molar-refractivity contribution in [1.82, 2.24) is 14.7 Å². The Bertz CT molecular complexity index is 1270. The van der Waals surface area contributed by atoms with Crippen molar-refractivity contribution in [1.29, 1.82) is 0 Å². The van der Waals surface area contributed by atoms with Gasteiger partial charge in [0.15, 0.2) is 0 Å². The first-order valence-electron chi connectivity index (χ1n) is 9.02. The standard InChI is InChI=1S/C20H14ClN5O5/c1-11-8-16(25(23-11)13-5-2-4-12(21)9-13)22-17(27)10-24-19(28)14-6-3-7-15(26(30)31)18(14)20(24)29/h2-9H,10H2,1H3,(H,22,27). The summed E-state index contributed by atoms with van der Waals surface area (Å²) in [5.41, 5.74) is 0.323. The Kier molecular flexibility index (Phi) is 4.99. The minimum Gasteiger partial charge on any atom is -0.309 e. The lowest BCUT2D eigenvalue weighted by atomic mass is 10.1. The summed E-state index contributed by atoms with van der Waals surface area (Å²) in [5, 5.41) is 18.6. The van der Waals surface area contributed by atoms with Crippen molar-refractivity contribution < 1.29 is 19.3 Å². The molecule has 156 valence electrons. The highest BCUT2D eigenvalue weighted by molar-refractivity contribution is 6.30. The van der Waals surface area contributed by atoms with Gasteiger partial charge in [-0.1, -0.05) is 23.7 Å². The van der Waals surface area contributed by atoms with Gasteiger partial charge in [-0.2, -0.15) is 5.10 Å². The van der Waals surface area contributed by atoms with E-state index < -0.39 is 34.9 Å². The van der Waals surface area contributed by atoms with Crippen LogP contribution in [0.4, 0.5) is 11.5 Å². The van der Waals surface area contributed by atoms with Crippen LogP contribution in [-0.4, -0.2) is 43.9 Å². The van der Waals surface area contributed by atoms with Crippen LogP contribution in [0.2, 0.25) is 5.02 Å². The first kappa shape index (κ1) is 20.2. The molecule has 4 rings (SSSR count). The molecule has 1 aliphatic rings. The Labute approximate surface area is 180 Å². The molecular formula is C20H14ClN5O5. The lowest BCUT2D eigenvalue weighted by molar-refractivity contribution is -0.385. The van der Waals surface area contributed by atoms with Gasteiger partial charge in [-0.15, -0.1) is 0 Å². The monoisotopic (exact) mass is 439 g/mol. The van der Waals surface area contributed by atoms with Crippen LogP contribution in [0.3, 0.4) is 0 Å². The molecule has 2 heterocycles. The minimum atomic E-state index is -0.887. The summed E-state index contributed by atoms with van der Waals surface area (Å²) >= 11 is 6.03. The van der Waals surface area contributed by atoms with Crippen molar-refractivity contribution >= 4 is 40.8 Å². The number of carbonyl (C=O) groups is 3. The number of benzene rings is 2. The second-order valence-electron chi connectivity index (χ2n) is 6.76. The van der Waals surface area contributed by atoms with Gasteiger partial charge >= 0.3 is 0 Å². The van der Waals surface area contributed by atoms with Gasteiger partial charge in [-0.25, -0.2) is 4.68 Å². The number of nitro groups is 1. The maximum atomic E-state index is 12.6. The number of hydrogen-bond donors (Lipinski definition) is 1. The fraction of sp³-hybridized carbons (Fsp3) is 0.100. The third kappa shape index (κ3) is 3.64. The highest BCUT2D eigenvalue weighted by Gasteiger charge is 2.41. The Hall–Kier alpha value is -4.05. The number of imide groups is 1. The molecule has 0 radical (unpaired) electrons. The van der Waals surface area contributed by atoms with E-state index in [0.717, 1.165) is 6.07 Å². The molecule has 3 amide bonds. The number of rotatable bonds is 5. The summed E-state index contributed by atoms with van der Waals surface area (Å²) in [7, 11) is 0. The number of carbonyl (C=O) groups excluding carboxylic acids is 3. The topological polar surface area (TPSA) is 127 Å². The van der Waals surface area contributed by atoms with Crippen LogP contribution in [0.1, 0.15) is 26.4 Å². The zero-order chi connectivity index (χ0) is 22.3. The molecule has 0 saturated carbocycles. The predicted molar refractivity (Wildman–Crippen MR) is 110 cm³/mol. The molecule has 1 aliphatic heterocycles. The van der Waals surface area contributed by atoms with E-state index in [9.17, 15) is 24.5 Å². The van der Waals surface area contributed by atoms with Crippen molar-refractivity contribution in [2.24, 2.45) is 0 Å². The van der Waals surface area contributed by atoms with Gasteiger partial charge in [0.2, 0.25) is 5.91 Å². The van der Waals surface area contributed by atoms with Gasteiger partial charge in [0, 0.05) is 17.2 Å². The highest BCUT2D eigenvalue weighted by Crippen LogP contribution is 2.30. The molecule has 3 aromatic rings. The van der Waals surface area contributed by atoms with Gasteiger partial charge in [-0.3, -0.25) is 29.4 Å². The second kappa shape index (κ2) is 7.65. The molecule has 0 atom stereocenters. The van der Waals surface area contributed by atoms with E-state index >= 15 is 0 Å². The number of fused-ring (bicyclic) bond motifs is 1. The second-order valence-corrected chi connectivity index (χ2v) is 7.20.